The fraction of sp³-hybridized carbons (Fsp3) is 0.300. The molecule has 4 nitrogen and oxygen atoms in total. The lowest BCUT2D eigenvalue weighted by Crippen LogP contribution is -2.26. The van der Waals surface area contributed by atoms with Gasteiger partial charge in [0.15, 0.2) is 6.61 Å². The zero-order valence-electron chi connectivity index (χ0n) is 14.3. The maximum absolute atomic E-state index is 11.9. The minimum absolute atomic E-state index is 0.0532. The van der Waals surface area contributed by atoms with Crippen LogP contribution in [0.1, 0.15) is 37.3 Å². The molecule has 24 heavy (non-hydrogen) atoms. The van der Waals surface area contributed by atoms with Gasteiger partial charge in [-0.2, -0.15) is 5.10 Å². The summed E-state index contributed by atoms with van der Waals surface area (Å²) >= 11 is 0. The van der Waals surface area contributed by atoms with Gasteiger partial charge < -0.3 is 4.74 Å². The van der Waals surface area contributed by atoms with Crippen LogP contribution in [0.4, 0.5) is 0 Å². The van der Waals surface area contributed by atoms with Gasteiger partial charge in [0.1, 0.15) is 5.75 Å². The van der Waals surface area contributed by atoms with E-state index < -0.39 is 0 Å². The first kappa shape index (κ1) is 17.7. The van der Waals surface area contributed by atoms with E-state index in [1.54, 1.807) is 0 Å². The molecule has 0 bridgehead atoms. The van der Waals surface area contributed by atoms with Crippen LogP contribution in [0.25, 0.3) is 0 Å². The maximum Gasteiger partial charge on any atom is 0.277 e. The lowest BCUT2D eigenvalue weighted by atomic mass is 10.1. The standard InChI is InChI=1S/C20H24N2O2/c1-3-4-10-19(17-8-6-5-7-9-17)21-22-20(23)15-24-18-13-11-16(2)12-14-18/h5-9,11-14H,3-4,10,15H2,1-2H3,(H,22,23). The van der Waals surface area contributed by atoms with Crippen LogP contribution in [0.3, 0.4) is 0 Å². The number of unbranched alkanes of at least 4 members (excludes halogenated alkanes) is 1. The Morgan fingerprint density at radius 3 is 2.46 bits per heavy atom. The molecule has 0 aliphatic carbocycles. The fourth-order valence-electron chi connectivity index (χ4n) is 2.19. The van der Waals surface area contributed by atoms with Gasteiger partial charge in [0.25, 0.3) is 5.91 Å². The lowest BCUT2D eigenvalue weighted by Gasteiger charge is -2.08. The van der Waals surface area contributed by atoms with E-state index in [4.69, 9.17) is 4.74 Å². The van der Waals surface area contributed by atoms with Crippen LogP contribution < -0.4 is 10.2 Å². The maximum atomic E-state index is 11.9. The average molecular weight is 324 g/mol. The zero-order chi connectivity index (χ0) is 17.2. The van der Waals surface area contributed by atoms with Gasteiger partial charge in [-0.1, -0.05) is 61.4 Å². The molecule has 0 spiro atoms. The van der Waals surface area contributed by atoms with Gasteiger partial charge in [0.2, 0.25) is 0 Å². The van der Waals surface area contributed by atoms with Gasteiger partial charge in [-0.3, -0.25) is 4.79 Å². The van der Waals surface area contributed by atoms with Crippen molar-refractivity contribution in [1.29, 1.82) is 0 Å². The minimum atomic E-state index is -0.263. The number of hydrogen-bond donors (Lipinski definition) is 1. The molecule has 0 aliphatic heterocycles. The monoisotopic (exact) mass is 324 g/mol. The Bertz CT molecular complexity index is 664. The molecule has 1 N–H and O–H groups in total. The molecule has 0 atom stereocenters. The van der Waals surface area contributed by atoms with Crippen molar-refractivity contribution in [2.24, 2.45) is 5.10 Å². The van der Waals surface area contributed by atoms with Crippen LogP contribution in [0, 0.1) is 6.92 Å². The first-order valence-electron chi connectivity index (χ1n) is 8.29. The molecule has 126 valence electrons. The molecule has 0 fully saturated rings. The Morgan fingerprint density at radius 2 is 1.79 bits per heavy atom. The van der Waals surface area contributed by atoms with Crippen LogP contribution in [0.5, 0.6) is 5.75 Å². The predicted molar refractivity (Wildman–Crippen MR) is 97.3 cm³/mol. The number of nitrogens with one attached hydrogen (secondary N) is 1. The molecule has 0 aliphatic rings. The quantitative estimate of drug-likeness (QED) is 0.587. The molecule has 4 heteroatoms. The molecular weight excluding hydrogens is 300 g/mol. The molecule has 2 aromatic rings. The molecule has 0 heterocycles. The third kappa shape index (κ3) is 5.88. The number of nitrogens with zero attached hydrogens (tertiary/aromatic N) is 1. The van der Waals surface area contributed by atoms with Crippen molar-refractivity contribution in [3.05, 3.63) is 65.7 Å². The summed E-state index contributed by atoms with van der Waals surface area (Å²) in [5, 5.41) is 4.29. The van der Waals surface area contributed by atoms with Crippen LogP contribution >= 0.6 is 0 Å². The van der Waals surface area contributed by atoms with E-state index in [2.05, 4.69) is 17.5 Å². The second kappa shape index (κ2) is 9.50. The van der Waals surface area contributed by atoms with Crippen LogP contribution in [0.15, 0.2) is 59.7 Å². The van der Waals surface area contributed by atoms with Crippen LogP contribution in [-0.2, 0) is 4.79 Å². The normalized spacial score (nSPS) is 11.2. The molecule has 2 rings (SSSR count). The van der Waals surface area contributed by atoms with Gasteiger partial charge in [-0.15, -0.1) is 0 Å². The number of aryl methyl sites for hydroxylation is 1. The Kier molecular flexibility index (Phi) is 7.02. The van der Waals surface area contributed by atoms with Crippen molar-refractivity contribution < 1.29 is 9.53 Å². The smallest absolute Gasteiger partial charge is 0.277 e. The summed E-state index contributed by atoms with van der Waals surface area (Å²) in [6, 6.07) is 17.5. The Morgan fingerprint density at radius 1 is 1.08 bits per heavy atom. The summed E-state index contributed by atoms with van der Waals surface area (Å²) in [6.45, 7) is 4.09. The predicted octanol–water partition coefficient (Wildman–Crippen LogP) is 4.08. The average Bonchev–Trinajstić information content (AvgIpc) is 2.62. The van der Waals surface area contributed by atoms with Crippen LogP contribution in [-0.4, -0.2) is 18.2 Å². The number of hydrazone groups is 1. The molecule has 2 aromatic carbocycles. The Balaban J connectivity index is 1.92. The van der Waals surface area contributed by atoms with Gasteiger partial charge in [0.05, 0.1) is 5.71 Å². The summed E-state index contributed by atoms with van der Waals surface area (Å²) in [7, 11) is 0. The highest BCUT2D eigenvalue weighted by Gasteiger charge is 2.06. The number of carbonyl (C=O) groups excluding carboxylic acids is 1. The van der Waals surface area contributed by atoms with Crippen molar-refractivity contribution in [3.8, 4) is 5.75 Å². The van der Waals surface area contributed by atoms with E-state index in [0.29, 0.717) is 5.75 Å². The first-order chi connectivity index (χ1) is 11.7. The molecule has 1 amide bonds. The van der Waals surface area contributed by atoms with Gasteiger partial charge >= 0.3 is 0 Å². The number of amides is 1. The summed E-state index contributed by atoms with van der Waals surface area (Å²) in [6.07, 6.45) is 2.94. The zero-order valence-corrected chi connectivity index (χ0v) is 14.3. The molecule has 0 unspecified atom stereocenters. The number of rotatable bonds is 8. The number of carbonyl (C=O) groups is 1. The highest BCUT2D eigenvalue weighted by Crippen LogP contribution is 2.11. The lowest BCUT2D eigenvalue weighted by molar-refractivity contribution is -0.123. The largest absolute Gasteiger partial charge is 0.484 e. The number of hydrogen-bond acceptors (Lipinski definition) is 3. The minimum Gasteiger partial charge on any atom is -0.484 e. The van der Waals surface area contributed by atoms with Gasteiger partial charge in [-0.25, -0.2) is 5.43 Å². The molecule has 0 saturated heterocycles. The highest BCUT2D eigenvalue weighted by molar-refractivity contribution is 6.01. The second-order valence-corrected chi connectivity index (χ2v) is 5.66. The fourth-order valence-corrected chi connectivity index (χ4v) is 2.19. The summed E-state index contributed by atoms with van der Waals surface area (Å²) in [4.78, 5) is 11.9. The highest BCUT2D eigenvalue weighted by atomic mass is 16.5. The van der Waals surface area contributed by atoms with Crippen molar-refractivity contribution >= 4 is 11.6 Å². The van der Waals surface area contributed by atoms with Crippen molar-refractivity contribution in [3.63, 3.8) is 0 Å². The topological polar surface area (TPSA) is 50.7 Å². The molecular formula is C20H24N2O2. The van der Waals surface area contributed by atoms with E-state index in [1.807, 2.05) is 61.5 Å². The van der Waals surface area contributed by atoms with Gasteiger partial charge in [0, 0.05) is 0 Å². The van der Waals surface area contributed by atoms with E-state index >= 15 is 0 Å². The van der Waals surface area contributed by atoms with Crippen LogP contribution in [0.2, 0.25) is 0 Å². The second-order valence-electron chi connectivity index (χ2n) is 5.66. The third-order valence-electron chi connectivity index (χ3n) is 3.58. The van der Waals surface area contributed by atoms with E-state index in [1.165, 1.54) is 0 Å². The van der Waals surface area contributed by atoms with Crippen molar-refractivity contribution in [2.75, 3.05) is 6.61 Å². The molecule has 0 aromatic heterocycles. The SMILES string of the molecule is CCCCC(=NNC(=O)COc1ccc(C)cc1)c1ccccc1. The van der Waals surface area contributed by atoms with Gasteiger partial charge in [-0.05, 0) is 37.5 Å². The summed E-state index contributed by atoms with van der Waals surface area (Å²) in [5.74, 6) is 0.412. The molecule has 0 saturated carbocycles. The van der Waals surface area contributed by atoms with Crippen molar-refractivity contribution in [1.82, 2.24) is 5.43 Å². The number of benzene rings is 2. The summed E-state index contributed by atoms with van der Waals surface area (Å²) in [5.41, 5.74) is 5.67. The molecule has 0 radical (unpaired) electrons. The Labute approximate surface area is 143 Å². The number of ether oxygens (including phenoxy) is 1. The van der Waals surface area contributed by atoms with E-state index in [0.717, 1.165) is 36.1 Å². The third-order valence-corrected chi connectivity index (χ3v) is 3.58. The summed E-state index contributed by atoms with van der Waals surface area (Å²) < 4.78 is 5.46. The van der Waals surface area contributed by atoms with Crippen molar-refractivity contribution in [2.45, 2.75) is 33.1 Å². The van der Waals surface area contributed by atoms with E-state index in [9.17, 15) is 4.79 Å². The first-order valence-corrected chi connectivity index (χ1v) is 8.29. The Hall–Kier alpha value is -2.62. The van der Waals surface area contributed by atoms with E-state index in [-0.39, 0.29) is 12.5 Å².